The van der Waals surface area contributed by atoms with Crippen molar-refractivity contribution in [3.8, 4) is 0 Å². The molecule has 0 bridgehead atoms. The average Bonchev–Trinajstić information content (AvgIpc) is 2.55. The van der Waals surface area contributed by atoms with Crippen molar-refractivity contribution in [1.82, 2.24) is 0 Å². The second-order valence-electron chi connectivity index (χ2n) is 5.29. The van der Waals surface area contributed by atoms with Crippen molar-refractivity contribution in [3.63, 3.8) is 0 Å². The molecule has 0 aromatic heterocycles. The summed E-state index contributed by atoms with van der Waals surface area (Å²) in [6.07, 6.45) is 3.92. The highest BCUT2D eigenvalue weighted by molar-refractivity contribution is 6.31. The largest absolute Gasteiger partial charge is 0.383 e. The standard InChI is InChI=1S/C13H17ClN2/c1-13-6-2-3-12(13)16-10-5-4-9(14)7-11(10)15-8-13/h4-5,7,12,15-16H,2-3,6,8H2,1H3. The molecule has 3 rings (SSSR count). The third-order valence-corrected chi connectivity index (χ3v) is 4.31. The lowest BCUT2D eigenvalue weighted by Gasteiger charge is -2.29. The van der Waals surface area contributed by atoms with E-state index in [2.05, 4.69) is 23.6 Å². The number of hydrogen-bond acceptors (Lipinski definition) is 2. The van der Waals surface area contributed by atoms with E-state index in [1.165, 1.54) is 24.9 Å². The smallest absolute Gasteiger partial charge is 0.0591 e. The van der Waals surface area contributed by atoms with Gasteiger partial charge in [0.25, 0.3) is 0 Å². The molecule has 0 amide bonds. The Kier molecular flexibility index (Phi) is 2.28. The van der Waals surface area contributed by atoms with Crippen LogP contribution in [0.2, 0.25) is 5.02 Å². The van der Waals surface area contributed by atoms with Gasteiger partial charge in [-0.2, -0.15) is 0 Å². The van der Waals surface area contributed by atoms with Crippen LogP contribution in [0.15, 0.2) is 18.2 Å². The zero-order valence-corrected chi connectivity index (χ0v) is 10.3. The first kappa shape index (κ1) is 10.3. The Morgan fingerprint density at radius 1 is 1.38 bits per heavy atom. The molecular weight excluding hydrogens is 220 g/mol. The summed E-state index contributed by atoms with van der Waals surface area (Å²) in [6, 6.07) is 6.64. The lowest BCUT2D eigenvalue weighted by Crippen LogP contribution is -2.36. The van der Waals surface area contributed by atoms with Crippen LogP contribution >= 0.6 is 11.6 Å². The molecule has 16 heavy (non-hydrogen) atoms. The Morgan fingerprint density at radius 2 is 2.25 bits per heavy atom. The van der Waals surface area contributed by atoms with E-state index in [1.807, 2.05) is 12.1 Å². The molecule has 2 atom stereocenters. The normalized spacial score (nSPS) is 32.0. The lowest BCUT2D eigenvalue weighted by molar-refractivity contribution is 0.335. The van der Waals surface area contributed by atoms with Gasteiger partial charge in [0.2, 0.25) is 0 Å². The van der Waals surface area contributed by atoms with Gasteiger partial charge in [-0.1, -0.05) is 24.9 Å². The summed E-state index contributed by atoms with van der Waals surface area (Å²) in [5.74, 6) is 0. The maximum Gasteiger partial charge on any atom is 0.0591 e. The highest BCUT2D eigenvalue weighted by Gasteiger charge is 2.40. The van der Waals surface area contributed by atoms with Gasteiger partial charge in [-0.25, -0.2) is 0 Å². The topological polar surface area (TPSA) is 24.1 Å². The van der Waals surface area contributed by atoms with Gasteiger partial charge in [0.1, 0.15) is 0 Å². The fourth-order valence-electron chi connectivity index (χ4n) is 2.96. The molecule has 1 saturated carbocycles. The highest BCUT2D eigenvalue weighted by atomic mass is 35.5. The number of fused-ring (bicyclic) bond motifs is 2. The Balaban J connectivity index is 1.97. The van der Waals surface area contributed by atoms with Crippen molar-refractivity contribution in [1.29, 1.82) is 0 Å². The Morgan fingerprint density at radius 3 is 3.12 bits per heavy atom. The van der Waals surface area contributed by atoms with E-state index >= 15 is 0 Å². The molecule has 0 radical (unpaired) electrons. The zero-order chi connectivity index (χ0) is 11.2. The highest BCUT2D eigenvalue weighted by Crippen LogP contribution is 2.43. The molecule has 0 spiro atoms. The van der Waals surface area contributed by atoms with Gasteiger partial charge < -0.3 is 10.6 Å². The summed E-state index contributed by atoms with van der Waals surface area (Å²) in [6.45, 7) is 3.41. The van der Waals surface area contributed by atoms with Gasteiger partial charge in [0, 0.05) is 23.0 Å². The fourth-order valence-corrected chi connectivity index (χ4v) is 3.14. The summed E-state index contributed by atoms with van der Waals surface area (Å²) >= 11 is 6.02. The molecular formula is C13H17ClN2. The molecule has 1 aromatic carbocycles. The molecule has 2 aliphatic rings. The maximum atomic E-state index is 6.02. The molecule has 1 aliphatic carbocycles. The van der Waals surface area contributed by atoms with Crippen LogP contribution in [0.3, 0.4) is 0 Å². The van der Waals surface area contributed by atoms with Crippen LogP contribution in [0.4, 0.5) is 11.4 Å². The maximum absolute atomic E-state index is 6.02. The van der Waals surface area contributed by atoms with E-state index < -0.39 is 0 Å². The second-order valence-corrected chi connectivity index (χ2v) is 5.72. The van der Waals surface area contributed by atoms with Crippen LogP contribution in [0.1, 0.15) is 26.2 Å². The molecule has 1 aliphatic heterocycles. The Labute approximate surface area is 101 Å². The second kappa shape index (κ2) is 3.56. The molecule has 1 fully saturated rings. The van der Waals surface area contributed by atoms with E-state index in [1.54, 1.807) is 0 Å². The van der Waals surface area contributed by atoms with Crippen LogP contribution in [0.25, 0.3) is 0 Å². The molecule has 3 heteroatoms. The third-order valence-electron chi connectivity index (χ3n) is 4.08. The zero-order valence-electron chi connectivity index (χ0n) is 9.52. The number of nitrogens with one attached hydrogen (secondary N) is 2. The van der Waals surface area contributed by atoms with E-state index in [4.69, 9.17) is 11.6 Å². The average molecular weight is 237 g/mol. The van der Waals surface area contributed by atoms with Gasteiger partial charge in [-0.05, 0) is 31.0 Å². The van der Waals surface area contributed by atoms with Crippen LogP contribution < -0.4 is 10.6 Å². The fraction of sp³-hybridized carbons (Fsp3) is 0.538. The first-order chi connectivity index (χ1) is 7.67. The third kappa shape index (κ3) is 1.56. The van der Waals surface area contributed by atoms with E-state index in [0.29, 0.717) is 11.5 Å². The Hall–Kier alpha value is -0.890. The number of rotatable bonds is 0. The number of anilines is 2. The summed E-state index contributed by atoms with van der Waals surface area (Å²) < 4.78 is 0. The number of halogens is 1. The molecule has 2 N–H and O–H groups in total. The van der Waals surface area contributed by atoms with Crippen molar-refractivity contribution in [2.24, 2.45) is 5.41 Å². The van der Waals surface area contributed by atoms with Gasteiger partial charge >= 0.3 is 0 Å². The Bertz CT molecular complexity index is 418. The first-order valence-electron chi connectivity index (χ1n) is 5.97. The summed E-state index contributed by atoms with van der Waals surface area (Å²) in [5.41, 5.74) is 2.72. The van der Waals surface area contributed by atoms with Crippen molar-refractivity contribution < 1.29 is 0 Å². The molecule has 86 valence electrons. The number of benzene rings is 1. The minimum atomic E-state index is 0.380. The molecule has 1 heterocycles. The van der Waals surface area contributed by atoms with Crippen LogP contribution in [-0.4, -0.2) is 12.6 Å². The van der Waals surface area contributed by atoms with Crippen molar-refractivity contribution >= 4 is 23.0 Å². The monoisotopic (exact) mass is 236 g/mol. The molecule has 1 aromatic rings. The number of hydrogen-bond donors (Lipinski definition) is 2. The van der Waals surface area contributed by atoms with Crippen molar-refractivity contribution in [3.05, 3.63) is 23.2 Å². The quantitative estimate of drug-likeness (QED) is 0.717. The molecule has 0 saturated heterocycles. The van der Waals surface area contributed by atoms with E-state index in [-0.39, 0.29) is 0 Å². The lowest BCUT2D eigenvalue weighted by atomic mass is 9.85. The van der Waals surface area contributed by atoms with Crippen LogP contribution in [0, 0.1) is 5.41 Å². The van der Waals surface area contributed by atoms with E-state index in [9.17, 15) is 0 Å². The van der Waals surface area contributed by atoms with Crippen LogP contribution in [0.5, 0.6) is 0 Å². The predicted molar refractivity (Wildman–Crippen MR) is 69.3 cm³/mol. The van der Waals surface area contributed by atoms with Crippen molar-refractivity contribution in [2.75, 3.05) is 17.2 Å². The minimum absolute atomic E-state index is 0.380. The molecule has 2 unspecified atom stereocenters. The summed E-state index contributed by atoms with van der Waals surface area (Å²) in [4.78, 5) is 0. The SMILES string of the molecule is CC12CCCC1Nc1ccc(Cl)cc1NC2. The summed E-state index contributed by atoms with van der Waals surface area (Å²) in [7, 11) is 0. The van der Waals surface area contributed by atoms with Crippen molar-refractivity contribution in [2.45, 2.75) is 32.2 Å². The van der Waals surface area contributed by atoms with Gasteiger partial charge in [-0.3, -0.25) is 0 Å². The molecule has 2 nitrogen and oxygen atoms in total. The van der Waals surface area contributed by atoms with Crippen LogP contribution in [-0.2, 0) is 0 Å². The van der Waals surface area contributed by atoms with Gasteiger partial charge in [0.05, 0.1) is 11.4 Å². The predicted octanol–water partition coefficient (Wildman–Crippen LogP) is 3.74. The minimum Gasteiger partial charge on any atom is -0.383 e. The van der Waals surface area contributed by atoms with Gasteiger partial charge in [-0.15, -0.1) is 0 Å². The van der Waals surface area contributed by atoms with Gasteiger partial charge in [0.15, 0.2) is 0 Å². The first-order valence-corrected chi connectivity index (χ1v) is 6.35. The summed E-state index contributed by atoms with van der Waals surface area (Å²) in [5, 5.41) is 8.00. The van der Waals surface area contributed by atoms with E-state index in [0.717, 1.165) is 17.3 Å².